The second-order valence-electron chi connectivity index (χ2n) is 4.06. The van der Waals surface area contributed by atoms with Gasteiger partial charge in [0.2, 0.25) is 0 Å². The Labute approximate surface area is 92.5 Å². The second kappa shape index (κ2) is 3.59. The van der Waals surface area contributed by atoms with Gasteiger partial charge in [0.05, 0.1) is 0 Å². The summed E-state index contributed by atoms with van der Waals surface area (Å²) in [5.41, 5.74) is 0.151. The van der Waals surface area contributed by atoms with Gasteiger partial charge in [-0.25, -0.2) is 4.79 Å². The van der Waals surface area contributed by atoms with E-state index in [9.17, 15) is 9.59 Å². The molecule has 2 N–H and O–H groups in total. The van der Waals surface area contributed by atoms with Crippen LogP contribution in [0.2, 0.25) is 0 Å². The smallest absolute Gasteiger partial charge is 0.329 e. The molecule has 1 amide bonds. The van der Waals surface area contributed by atoms with Crippen LogP contribution < -0.4 is 5.32 Å². The maximum atomic E-state index is 11.7. The fourth-order valence-corrected chi connectivity index (χ4v) is 1.40. The molecule has 0 spiro atoms. The molecular formula is C11H12N2O3. The van der Waals surface area contributed by atoms with Gasteiger partial charge in [-0.05, 0) is 31.4 Å². The molecule has 1 fully saturated rings. The number of amides is 1. The third kappa shape index (κ3) is 1.88. The number of nitrogens with zero attached hydrogens (tertiary/aromatic N) is 1. The van der Waals surface area contributed by atoms with Crippen molar-refractivity contribution in [3.8, 4) is 0 Å². The van der Waals surface area contributed by atoms with Gasteiger partial charge in [0.15, 0.2) is 0 Å². The van der Waals surface area contributed by atoms with Crippen LogP contribution >= 0.6 is 0 Å². The lowest BCUT2D eigenvalue weighted by Crippen LogP contribution is -2.43. The highest BCUT2D eigenvalue weighted by molar-refractivity contribution is 5.97. The van der Waals surface area contributed by atoms with Gasteiger partial charge in [0.1, 0.15) is 11.2 Å². The van der Waals surface area contributed by atoms with Crippen LogP contribution in [0.25, 0.3) is 0 Å². The number of aryl methyl sites for hydroxylation is 1. The van der Waals surface area contributed by atoms with E-state index in [1.807, 2.05) is 6.92 Å². The summed E-state index contributed by atoms with van der Waals surface area (Å²) in [5, 5.41) is 11.4. The molecule has 5 nitrogen and oxygen atoms in total. The van der Waals surface area contributed by atoms with E-state index in [2.05, 4.69) is 10.3 Å². The number of carboxylic acids is 1. The van der Waals surface area contributed by atoms with E-state index < -0.39 is 17.4 Å². The quantitative estimate of drug-likeness (QED) is 0.787. The number of pyridine rings is 1. The minimum atomic E-state index is -1.05. The summed E-state index contributed by atoms with van der Waals surface area (Å²) in [6, 6.07) is 3.35. The second-order valence-corrected chi connectivity index (χ2v) is 4.06. The first-order chi connectivity index (χ1) is 7.53. The maximum Gasteiger partial charge on any atom is 0.329 e. The van der Waals surface area contributed by atoms with E-state index in [1.165, 1.54) is 0 Å². The zero-order chi connectivity index (χ0) is 11.8. The van der Waals surface area contributed by atoms with E-state index in [0.29, 0.717) is 12.8 Å². The first-order valence-electron chi connectivity index (χ1n) is 5.02. The van der Waals surface area contributed by atoms with Crippen molar-refractivity contribution in [2.45, 2.75) is 25.3 Å². The van der Waals surface area contributed by atoms with Crippen LogP contribution in [0.3, 0.4) is 0 Å². The van der Waals surface area contributed by atoms with Crippen molar-refractivity contribution in [3.63, 3.8) is 0 Å². The zero-order valence-corrected chi connectivity index (χ0v) is 8.86. The monoisotopic (exact) mass is 220 g/mol. The van der Waals surface area contributed by atoms with Crippen LogP contribution in [0.15, 0.2) is 18.3 Å². The Balaban J connectivity index is 2.09. The van der Waals surface area contributed by atoms with Gasteiger partial charge in [-0.2, -0.15) is 0 Å². The van der Waals surface area contributed by atoms with Crippen molar-refractivity contribution in [1.29, 1.82) is 0 Å². The van der Waals surface area contributed by atoms with Gasteiger partial charge in [-0.1, -0.05) is 6.07 Å². The first kappa shape index (κ1) is 10.6. The molecule has 1 saturated carbocycles. The molecule has 5 heteroatoms. The van der Waals surface area contributed by atoms with Crippen LogP contribution in [0.5, 0.6) is 0 Å². The maximum absolute atomic E-state index is 11.7. The fourth-order valence-electron chi connectivity index (χ4n) is 1.40. The fraction of sp³-hybridized carbons (Fsp3) is 0.364. The van der Waals surface area contributed by atoms with Crippen molar-refractivity contribution < 1.29 is 14.7 Å². The molecule has 84 valence electrons. The Morgan fingerprint density at radius 2 is 2.12 bits per heavy atom. The number of carbonyl (C=O) groups is 2. The number of carbonyl (C=O) groups excluding carboxylic acids is 1. The largest absolute Gasteiger partial charge is 0.480 e. The predicted molar refractivity (Wildman–Crippen MR) is 56.0 cm³/mol. The Morgan fingerprint density at radius 3 is 2.56 bits per heavy atom. The highest BCUT2D eigenvalue weighted by Crippen LogP contribution is 2.35. The van der Waals surface area contributed by atoms with Crippen molar-refractivity contribution in [1.82, 2.24) is 10.3 Å². The average molecular weight is 220 g/mol. The summed E-state index contributed by atoms with van der Waals surface area (Å²) in [4.78, 5) is 26.5. The molecule has 0 aromatic carbocycles. The third-order valence-electron chi connectivity index (χ3n) is 2.66. The number of hydrogen-bond acceptors (Lipinski definition) is 3. The molecule has 0 bridgehead atoms. The van der Waals surface area contributed by atoms with Gasteiger partial charge in [-0.3, -0.25) is 9.78 Å². The molecule has 1 aliphatic rings. The summed E-state index contributed by atoms with van der Waals surface area (Å²) in [6.07, 6.45) is 2.55. The van der Waals surface area contributed by atoms with Crippen LogP contribution in [0.1, 0.15) is 28.9 Å². The van der Waals surface area contributed by atoms with Crippen molar-refractivity contribution in [2.75, 3.05) is 0 Å². The van der Waals surface area contributed by atoms with Crippen LogP contribution in [0, 0.1) is 6.92 Å². The molecule has 1 aromatic heterocycles. The zero-order valence-electron chi connectivity index (χ0n) is 8.86. The lowest BCUT2D eigenvalue weighted by atomic mass is 10.2. The molecule has 0 saturated heterocycles. The molecular weight excluding hydrogens is 208 g/mol. The number of nitrogens with one attached hydrogen (secondary N) is 1. The minimum Gasteiger partial charge on any atom is -0.480 e. The Bertz CT molecular complexity index is 435. The van der Waals surface area contributed by atoms with Gasteiger partial charge >= 0.3 is 5.97 Å². The Hall–Kier alpha value is -1.91. The first-order valence-corrected chi connectivity index (χ1v) is 5.02. The predicted octanol–water partition coefficient (Wildman–Crippen LogP) is 0.737. The van der Waals surface area contributed by atoms with Gasteiger partial charge in [0.25, 0.3) is 5.91 Å². The lowest BCUT2D eigenvalue weighted by Gasteiger charge is -2.11. The van der Waals surface area contributed by atoms with Gasteiger partial charge in [-0.15, -0.1) is 0 Å². The molecule has 0 unspecified atom stereocenters. The molecule has 1 aliphatic carbocycles. The van der Waals surface area contributed by atoms with Crippen molar-refractivity contribution in [2.24, 2.45) is 0 Å². The SMILES string of the molecule is Cc1ccc(C(=O)NC2(C(=O)O)CC2)nc1. The normalized spacial score (nSPS) is 16.6. The average Bonchev–Trinajstić information content (AvgIpc) is 3.00. The molecule has 0 aliphatic heterocycles. The highest BCUT2D eigenvalue weighted by Gasteiger charge is 2.51. The Morgan fingerprint density at radius 1 is 1.44 bits per heavy atom. The van der Waals surface area contributed by atoms with Crippen LogP contribution in [-0.4, -0.2) is 27.5 Å². The number of hydrogen-bond donors (Lipinski definition) is 2. The number of aromatic nitrogens is 1. The van der Waals surface area contributed by atoms with Crippen molar-refractivity contribution >= 4 is 11.9 Å². The van der Waals surface area contributed by atoms with Crippen LogP contribution in [0.4, 0.5) is 0 Å². The number of aliphatic carboxylic acids is 1. The summed E-state index contributed by atoms with van der Waals surface area (Å²) in [5.74, 6) is -1.41. The summed E-state index contributed by atoms with van der Waals surface area (Å²) in [7, 11) is 0. The van der Waals surface area contributed by atoms with E-state index >= 15 is 0 Å². The van der Waals surface area contributed by atoms with Gasteiger partial charge < -0.3 is 10.4 Å². The molecule has 0 radical (unpaired) electrons. The molecule has 16 heavy (non-hydrogen) atoms. The minimum absolute atomic E-state index is 0.248. The topological polar surface area (TPSA) is 79.3 Å². The Kier molecular flexibility index (Phi) is 2.38. The molecule has 1 aromatic rings. The van der Waals surface area contributed by atoms with E-state index in [0.717, 1.165) is 5.56 Å². The molecule has 1 heterocycles. The number of carboxylic acid groups (broad SMARTS) is 1. The molecule has 0 atom stereocenters. The van der Waals surface area contributed by atoms with Crippen molar-refractivity contribution in [3.05, 3.63) is 29.6 Å². The summed E-state index contributed by atoms with van der Waals surface area (Å²) in [6.45, 7) is 1.87. The van der Waals surface area contributed by atoms with Crippen LogP contribution in [-0.2, 0) is 4.79 Å². The third-order valence-corrected chi connectivity index (χ3v) is 2.66. The molecule has 2 rings (SSSR count). The lowest BCUT2D eigenvalue weighted by molar-refractivity contribution is -0.140. The van der Waals surface area contributed by atoms with Gasteiger partial charge in [0, 0.05) is 6.20 Å². The highest BCUT2D eigenvalue weighted by atomic mass is 16.4. The summed E-state index contributed by atoms with van der Waals surface area (Å²) < 4.78 is 0. The standard InChI is InChI=1S/C11H12N2O3/c1-7-2-3-8(12-6-7)9(14)13-11(4-5-11)10(15)16/h2-3,6H,4-5H2,1H3,(H,13,14)(H,15,16). The summed E-state index contributed by atoms with van der Waals surface area (Å²) >= 11 is 0. The van der Waals surface area contributed by atoms with E-state index in [4.69, 9.17) is 5.11 Å². The number of rotatable bonds is 3. The van der Waals surface area contributed by atoms with E-state index in [1.54, 1.807) is 18.3 Å². The van der Waals surface area contributed by atoms with E-state index in [-0.39, 0.29) is 5.69 Å².